The van der Waals surface area contributed by atoms with Crippen LogP contribution in [0.2, 0.25) is 0 Å². The number of rotatable bonds is 3. The highest BCUT2D eigenvalue weighted by atomic mass is 16.5. The van der Waals surface area contributed by atoms with Gasteiger partial charge in [-0.1, -0.05) is 11.8 Å². The third-order valence-electron chi connectivity index (χ3n) is 1.95. The van der Waals surface area contributed by atoms with Gasteiger partial charge in [0.25, 0.3) is 0 Å². The smallest absolute Gasteiger partial charge is 0.136 e. The zero-order valence-electron chi connectivity index (χ0n) is 9.13. The van der Waals surface area contributed by atoms with E-state index in [-0.39, 0.29) is 0 Å². The zero-order valence-corrected chi connectivity index (χ0v) is 9.13. The first-order valence-corrected chi connectivity index (χ1v) is 4.85. The summed E-state index contributed by atoms with van der Waals surface area (Å²) in [5, 5.41) is 3.04. The minimum Gasteiger partial charge on any atom is -0.495 e. The van der Waals surface area contributed by atoms with Crippen molar-refractivity contribution in [1.29, 1.82) is 0 Å². The van der Waals surface area contributed by atoms with Gasteiger partial charge in [-0.15, -0.1) is 0 Å². The second-order valence-electron chi connectivity index (χ2n) is 3.12. The fraction of sp³-hybridized carbons (Fsp3) is 0.333. The summed E-state index contributed by atoms with van der Waals surface area (Å²) in [6.07, 6.45) is 0.823. The van der Waals surface area contributed by atoms with E-state index in [1.165, 1.54) is 0 Å². The Kier molecular flexibility index (Phi) is 4.52. The molecule has 1 aromatic rings. The third-order valence-corrected chi connectivity index (χ3v) is 1.95. The second-order valence-corrected chi connectivity index (χ2v) is 3.12. The lowest BCUT2D eigenvalue weighted by molar-refractivity contribution is 0.414. The molecule has 3 heteroatoms. The average Bonchev–Trinajstić information content (AvgIpc) is 2.26. The van der Waals surface area contributed by atoms with E-state index >= 15 is 0 Å². The SMILES string of the molecule is CNCCC#Cc1ccc(N)cc1OC. The molecular formula is C12H16N2O. The van der Waals surface area contributed by atoms with E-state index in [4.69, 9.17) is 10.5 Å². The molecule has 0 aromatic heterocycles. The van der Waals surface area contributed by atoms with E-state index in [2.05, 4.69) is 17.2 Å². The summed E-state index contributed by atoms with van der Waals surface area (Å²) in [5.41, 5.74) is 7.21. The molecule has 0 aliphatic carbocycles. The molecule has 0 amide bonds. The van der Waals surface area contributed by atoms with Gasteiger partial charge in [0.15, 0.2) is 0 Å². The highest BCUT2D eigenvalue weighted by molar-refractivity contribution is 5.54. The lowest BCUT2D eigenvalue weighted by atomic mass is 10.2. The molecule has 0 spiro atoms. The first-order valence-electron chi connectivity index (χ1n) is 4.85. The minimum atomic E-state index is 0.688. The molecule has 0 aliphatic heterocycles. The fourth-order valence-electron chi connectivity index (χ4n) is 1.16. The van der Waals surface area contributed by atoms with Crippen LogP contribution in [-0.2, 0) is 0 Å². The molecule has 0 saturated heterocycles. The molecule has 80 valence electrons. The molecule has 0 aliphatic rings. The summed E-state index contributed by atoms with van der Waals surface area (Å²) >= 11 is 0. The van der Waals surface area contributed by atoms with Crippen LogP contribution < -0.4 is 15.8 Å². The van der Waals surface area contributed by atoms with Gasteiger partial charge in [-0.25, -0.2) is 0 Å². The van der Waals surface area contributed by atoms with Crippen molar-refractivity contribution >= 4 is 5.69 Å². The molecule has 1 rings (SSSR count). The van der Waals surface area contributed by atoms with Crippen LogP contribution in [0.25, 0.3) is 0 Å². The highest BCUT2D eigenvalue weighted by Gasteiger charge is 1.99. The summed E-state index contributed by atoms with van der Waals surface area (Å²) in [4.78, 5) is 0. The topological polar surface area (TPSA) is 47.3 Å². The number of ether oxygens (including phenoxy) is 1. The predicted molar refractivity (Wildman–Crippen MR) is 62.8 cm³/mol. The van der Waals surface area contributed by atoms with Crippen molar-refractivity contribution in [2.75, 3.05) is 26.4 Å². The van der Waals surface area contributed by atoms with Crippen LogP contribution in [0.15, 0.2) is 18.2 Å². The Morgan fingerprint density at radius 1 is 1.47 bits per heavy atom. The van der Waals surface area contributed by atoms with E-state index in [1.807, 2.05) is 19.2 Å². The monoisotopic (exact) mass is 204 g/mol. The van der Waals surface area contributed by atoms with Crippen LogP contribution in [0.3, 0.4) is 0 Å². The van der Waals surface area contributed by atoms with Gasteiger partial charge in [-0.2, -0.15) is 0 Å². The average molecular weight is 204 g/mol. The van der Waals surface area contributed by atoms with Crippen LogP contribution >= 0.6 is 0 Å². The van der Waals surface area contributed by atoms with Gasteiger partial charge in [-0.3, -0.25) is 0 Å². The van der Waals surface area contributed by atoms with Crippen molar-refractivity contribution in [2.24, 2.45) is 0 Å². The quantitative estimate of drug-likeness (QED) is 0.442. The first kappa shape index (κ1) is 11.4. The summed E-state index contributed by atoms with van der Waals surface area (Å²) in [6, 6.07) is 5.48. The van der Waals surface area contributed by atoms with Gasteiger partial charge < -0.3 is 15.8 Å². The van der Waals surface area contributed by atoms with Gasteiger partial charge in [-0.05, 0) is 19.2 Å². The van der Waals surface area contributed by atoms with Gasteiger partial charge in [0.1, 0.15) is 5.75 Å². The van der Waals surface area contributed by atoms with Crippen molar-refractivity contribution in [2.45, 2.75) is 6.42 Å². The van der Waals surface area contributed by atoms with Gasteiger partial charge in [0, 0.05) is 24.7 Å². The number of nitrogens with two attached hydrogens (primary N) is 1. The van der Waals surface area contributed by atoms with Gasteiger partial charge in [0.2, 0.25) is 0 Å². The third kappa shape index (κ3) is 3.53. The standard InChI is InChI=1S/C12H16N2O/c1-14-8-4-3-5-10-6-7-11(13)9-12(10)15-2/h6-7,9,14H,4,8,13H2,1-2H3. The van der Waals surface area contributed by atoms with Crippen LogP contribution in [-0.4, -0.2) is 20.7 Å². The predicted octanol–water partition coefficient (Wildman–Crippen LogP) is 1.24. The number of benzene rings is 1. The van der Waals surface area contributed by atoms with Crippen LogP contribution in [0, 0.1) is 11.8 Å². The molecule has 0 saturated carbocycles. The van der Waals surface area contributed by atoms with Crippen molar-refractivity contribution in [1.82, 2.24) is 5.32 Å². The summed E-state index contributed by atoms with van der Waals surface area (Å²) in [7, 11) is 3.53. The first-order chi connectivity index (χ1) is 7.27. The number of nitrogens with one attached hydrogen (secondary N) is 1. The summed E-state index contributed by atoms with van der Waals surface area (Å²) in [5.74, 6) is 6.85. The molecule has 15 heavy (non-hydrogen) atoms. The lowest BCUT2D eigenvalue weighted by Crippen LogP contribution is -2.05. The molecule has 0 radical (unpaired) electrons. The van der Waals surface area contributed by atoms with Crippen molar-refractivity contribution in [3.05, 3.63) is 23.8 Å². The van der Waals surface area contributed by atoms with Crippen molar-refractivity contribution in [3.63, 3.8) is 0 Å². The van der Waals surface area contributed by atoms with Crippen LogP contribution in [0.4, 0.5) is 5.69 Å². The van der Waals surface area contributed by atoms with E-state index in [0.29, 0.717) is 5.69 Å². The molecule has 0 fully saturated rings. The molecule has 0 atom stereocenters. The molecule has 3 nitrogen and oxygen atoms in total. The maximum Gasteiger partial charge on any atom is 0.136 e. The van der Waals surface area contributed by atoms with Crippen molar-refractivity contribution < 1.29 is 4.74 Å². The summed E-state index contributed by atoms with van der Waals surface area (Å²) < 4.78 is 5.19. The minimum absolute atomic E-state index is 0.688. The molecule has 1 aromatic carbocycles. The molecule has 0 bridgehead atoms. The molecule has 0 unspecified atom stereocenters. The highest BCUT2D eigenvalue weighted by Crippen LogP contribution is 2.20. The molecule has 3 N–H and O–H groups in total. The van der Waals surface area contributed by atoms with Gasteiger partial charge >= 0.3 is 0 Å². The zero-order chi connectivity index (χ0) is 11.1. The van der Waals surface area contributed by atoms with E-state index in [0.717, 1.165) is 24.3 Å². The van der Waals surface area contributed by atoms with E-state index in [1.54, 1.807) is 13.2 Å². The maximum absolute atomic E-state index is 5.64. The Labute approximate surface area is 90.6 Å². The number of methoxy groups -OCH3 is 1. The number of hydrogen-bond acceptors (Lipinski definition) is 3. The van der Waals surface area contributed by atoms with E-state index < -0.39 is 0 Å². The second kappa shape index (κ2) is 5.94. The summed E-state index contributed by atoms with van der Waals surface area (Å²) in [6.45, 7) is 0.893. The molecular weight excluding hydrogens is 188 g/mol. The maximum atomic E-state index is 5.64. The van der Waals surface area contributed by atoms with Gasteiger partial charge in [0.05, 0.1) is 12.7 Å². The molecule has 0 heterocycles. The number of nitrogen functional groups attached to an aromatic ring is 1. The Balaban J connectivity index is 2.78. The Bertz CT molecular complexity index is 377. The Morgan fingerprint density at radius 2 is 2.27 bits per heavy atom. The largest absolute Gasteiger partial charge is 0.495 e. The normalized spacial score (nSPS) is 9.20. The fourth-order valence-corrected chi connectivity index (χ4v) is 1.16. The van der Waals surface area contributed by atoms with Crippen LogP contribution in [0.5, 0.6) is 5.75 Å². The Hall–Kier alpha value is -1.66. The van der Waals surface area contributed by atoms with Crippen LogP contribution in [0.1, 0.15) is 12.0 Å². The number of anilines is 1. The van der Waals surface area contributed by atoms with E-state index in [9.17, 15) is 0 Å². The van der Waals surface area contributed by atoms with Crippen molar-refractivity contribution in [3.8, 4) is 17.6 Å². The number of hydrogen-bond donors (Lipinski definition) is 2. The Morgan fingerprint density at radius 3 is 2.93 bits per heavy atom. The lowest BCUT2D eigenvalue weighted by Gasteiger charge is -2.03.